The third kappa shape index (κ3) is 2.73. The number of anilines is 1. The number of aromatic nitrogens is 1. The van der Waals surface area contributed by atoms with Crippen molar-refractivity contribution < 1.29 is 4.79 Å². The number of carbonyl (C=O) groups is 1. The molecule has 2 N–H and O–H groups in total. The van der Waals surface area contributed by atoms with Crippen molar-refractivity contribution in [3.63, 3.8) is 0 Å². The Balaban J connectivity index is 2.13. The van der Waals surface area contributed by atoms with Crippen LogP contribution in [0.2, 0.25) is 0 Å². The molecular formula is C12H14BrN3O. The summed E-state index contributed by atoms with van der Waals surface area (Å²) >= 11 is 3.29. The van der Waals surface area contributed by atoms with E-state index in [4.69, 9.17) is 0 Å². The van der Waals surface area contributed by atoms with Gasteiger partial charge in [-0.05, 0) is 47.5 Å². The quantitative estimate of drug-likeness (QED) is 0.648. The number of pyridine rings is 1. The maximum Gasteiger partial charge on any atom is 0.251 e. The Morgan fingerprint density at radius 2 is 2.18 bits per heavy atom. The van der Waals surface area contributed by atoms with Gasteiger partial charge < -0.3 is 10.6 Å². The van der Waals surface area contributed by atoms with Crippen LogP contribution in [-0.2, 0) is 4.79 Å². The topological polar surface area (TPSA) is 54.0 Å². The van der Waals surface area contributed by atoms with E-state index in [2.05, 4.69) is 31.5 Å². The second kappa shape index (κ2) is 4.98. The SMILES string of the molecule is CC(C(=O)Nc1ccc(Br)nc1C)=C1CNC1. The third-order valence-corrected chi connectivity index (χ3v) is 3.29. The zero-order valence-electron chi connectivity index (χ0n) is 9.80. The predicted molar refractivity (Wildman–Crippen MR) is 70.9 cm³/mol. The van der Waals surface area contributed by atoms with Gasteiger partial charge in [-0.15, -0.1) is 0 Å². The number of nitrogens with zero attached hydrogens (tertiary/aromatic N) is 1. The van der Waals surface area contributed by atoms with E-state index in [1.54, 1.807) is 0 Å². The largest absolute Gasteiger partial charge is 0.321 e. The van der Waals surface area contributed by atoms with Crippen LogP contribution >= 0.6 is 15.9 Å². The summed E-state index contributed by atoms with van der Waals surface area (Å²) in [6.07, 6.45) is 0. The minimum Gasteiger partial charge on any atom is -0.321 e. The number of carbonyl (C=O) groups excluding carboxylic acids is 1. The van der Waals surface area contributed by atoms with Gasteiger partial charge in [-0.25, -0.2) is 4.98 Å². The Kier molecular flexibility index (Phi) is 3.59. The summed E-state index contributed by atoms with van der Waals surface area (Å²) < 4.78 is 0.770. The van der Waals surface area contributed by atoms with Crippen molar-refractivity contribution in [3.8, 4) is 0 Å². The van der Waals surface area contributed by atoms with Crippen molar-refractivity contribution in [1.29, 1.82) is 0 Å². The Morgan fingerprint density at radius 1 is 1.47 bits per heavy atom. The first-order chi connectivity index (χ1) is 8.08. The molecule has 0 atom stereocenters. The smallest absolute Gasteiger partial charge is 0.251 e. The predicted octanol–water partition coefficient (Wildman–Crippen LogP) is 2.01. The molecule has 5 heteroatoms. The highest BCUT2D eigenvalue weighted by atomic mass is 79.9. The molecular weight excluding hydrogens is 282 g/mol. The van der Waals surface area contributed by atoms with Crippen molar-refractivity contribution in [3.05, 3.63) is 33.6 Å². The zero-order valence-corrected chi connectivity index (χ0v) is 11.4. The summed E-state index contributed by atoms with van der Waals surface area (Å²) in [6, 6.07) is 3.66. The van der Waals surface area contributed by atoms with E-state index in [1.165, 1.54) is 5.57 Å². The van der Waals surface area contributed by atoms with Crippen molar-refractivity contribution in [2.24, 2.45) is 0 Å². The van der Waals surface area contributed by atoms with Gasteiger partial charge in [-0.1, -0.05) is 0 Å². The fourth-order valence-corrected chi connectivity index (χ4v) is 1.95. The second-order valence-electron chi connectivity index (χ2n) is 4.05. The van der Waals surface area contributed by atoms with Crippen LogP contribution in [0.5, 0.6) is 0 Å². The molecule has 1 aliphatic heterocycles. The maximum absolute atomic E-state index is 11.9. The maximum atomic E-state index is 11.9. The van der Waals surface area contributed by atoms with Gasteiger partial charge in [0.25, 0.3) is 5.91 Å². The van der Waals surface area contributed by atoms with Gasteiger partial charge in [0.15, 0.2) is 0 Å². The van der Waals surface area contributed by atoms with Crippen molar-refractivity contribution in [2.75, 3.05) is 18.4 Å². The van der Waals surface area contributed by atoms with Crippen LogP contribution in [0.25, 0.3) is 0 Å². The van der Waals surface area contributed by atoms with Gasteiger partial charge in [0.1, 0.15) is 4.60 Å². The van der Waals surface area contributed by atoms with Gasteiger partial charge in [0, 0.05) is 18.7 Å². The fraction of sp³-hybridized carbons (Fsp3) is 0.333. The van der Waals surface area contributed by atoms with Crippen molar-refractivity contribution in [2.45, 2.75) is 13.8 Å². The summed E-state index contributed by atoms with van der Waals surface area (Å²) in [6.45, 7) is 5.36. The van der Waals surface area contributed by atoms with E-state index in [0.29, 0.717) is 0 Å². The highest BCUT2D eigenvalue weighted by molar-refractivity contribution is 9.10. The Morgan fingerprint density at radius 3 is 2.71 bits per heavy atom. The summed E-state index contributed by atoms with van der Waals surface area (Å²) in [5.41, 5.74) is 3.53. The van der Waals surface area contributed by atoms with Crippen molar-refractivity contribution >= 4 is 27.5 Å². The molecule has 0 aromatic carbocycles. The minimum absolute atomic E-state index is 0.0475. The fourth-order valence-electron chi connectivity index (χ4n) is 1.55. The van der Waals surface area contributed by atoms with E-state index in [-0.39, 0.29) is 5.91 Å². The lowest BCUT2D eigenvalue weighted by atomic mass is 10.0. The normalized spacial score (nSPS) is 14.2. The number of amides is 1. The lowest BCUT2D eigenvalue weighted by Gasteiger charge is -2.21. The first-order valence-corrected chi connectivity index (χ1v) is 6.21. The number of hydrogen-bond acceptors (Lipinski definition) is 3. The monoisotopic (exact) mass is 295 g/mol. The molecule has 0 saturated carbocycles. The van der Waals surface area contributed by atoms with E-state index >= 15 is 0 Å². The molecule has 2 rings (SSSR count). The summed E-state index contributed by atoms with van der Waals surface area (Å²) in [4.78, 5) is 16.2. The molecule has 0 radical (unpaired) electrons. The summed E-state index contributed by atoms with van der Waals surface area (Å²) in [7, 11) is 0. The Hall–Kier alpha value is -1.20. The number of aryl methyl sites for hydroxylation is 1. The highest BCUT2D eigenvalue weighted by Crippen LogP contribution is 2.18. The third-order valence-electron chi connectivity index (χ3n) is 2.85. The Bertz CT molecular complexity index is 491. The van der Waals surface area contributed by atoms with Crippen LogP contribution in [0, 0.1) is 6.92 Å². The molecule has 17 heavy (non-hydrogen) atoms. The summed E-state index contributed by atoms with van der Waals surface area (Å²) in [5.74, 6) is -0.0475. The zero-order chi connectivity index (χ0) is 12.4. The molecule has 0 spiro atoms. The number of rotatable bonds is 2. The molecule has 1 aliphatic rings. The minimum atomic E-state index is -0.0475. The van der Waals surface area contributed by atoms with Gasteiger partial charge in [0.2, 0.25) is 0 Å². The van der Waals surface area contributed by atoms with E-state index < -0.39 is 0 Å². The molecule has 1 saturated heterocycles. The van der Waals surface area contributed by atoms with Gasteiger partial charge in [-0.3, -0.25) is 4.79 Å². The Labute approximate surface area is 109 Å². The standard InChI is InChI=1S/C12H14BrN3O/c1-7(9-5-14-6-9)12(17)16-10-3-4-11(13)15-8(10)2/h3-4,14H,5-6H2,1-2H3,(H,16,17). The van der Waals surface area contributed by atoms with Crippen LogP contribution < -0.4 is 10.6 Å². The van der Waals surface area contributed by atoms with E-state index in [9.17, 15) is 4.79 Å². The molecule has 1 aromatic rings. The first-order valence-electron chi connectivity index (χ1n) is 5.42. The average Bonchev–Trinajstić information content (AvgIpc) is 2.19. The van der Waals surface area contributed by atoms with Crippen LogP contribution in [0.3, 0.4) is 0 Å². The molecule has 2 heterocycles. The molecule has 0 bridgehead atoms. The number of halogens is 1. The first kappa shape index (κ1) is 12.3. The van der Waals surface area contributed by atoms with Gasteiger partial charge in [-0.2, -0.15) is 0 Å². The van der Waals surface area contributed by atoms with Crippen LogP contribution in [-0.4, -0.2) is 24.0 Å². The van der Waals surface area contributed by atoms with Crippen LogP contribution in [0.4, 0.5) is 5.69 Å². The summed E-state index contributed by atoms with van der Waals surface area (Å²) in [5, 5.41) is 6.00. The van der Waals surface area contributed by atoms with Crippen LogP contribution in [0.1, 0.15) is 12.6 Å². The molecule has 1 aromatic heterocycles. The van der Waals surface area contributed by atoms with Gasteiger partial charge >= 0.3 is 0 Å². The molecule has 0 aliphatic carbocycles. The molecule has 1 fully saturated rings. The molecule has 90 valence electrons. The van der Waals surface area contributed by atoms with E-state index in [0.717, 1.165) is 34.6 Å². The highest BCUT2D eigenvalue weighted by Gasteiger charge is 2.16. The van der Waals surface area contributed by atoms with Crippen molar-refractivity contribution in [1.82, 2.24) is 10.3 Å². The molecule has 4 nitrogen and oxygen atoms in total. The second-order valence-corrected chi connectivity index (χ2v) is 4.87. The van der Waals surface area contributed by atoms with Gasteiger partial charge in [0.05, 0.1) is 11.4 Å². The lowest BCUT2D eigenvalue weighted by Crippen LogP contribution is -2.36. The van der Waals surface area contributed by atoms with Crippen LogP contribution in [0.15, 0.2) is 27.9 Å². The van der Waals surface area contributed by atoms with E-state index in [1.807, 2.05) is 26.0 Å². The molecule has 0 unspecified atom stereocenters. The number of hydrogen-bond donors (Lipinski definition) is 2. The molecule has 1 amide bonds. The average molecular weight is 296 g/mol. The number of nitrogens with one attached hydrogen (secondary N) is 2. The lowest BCUT2D eigenvalue weighted by molar-refractivity contribution is -0.112.